The van der Waals surface area contributed by atoms with E-state index >= 15 is 0 Å². The SMILES string of the molecule is Cc1nc(-c2ccccc2)ccc1C(=O)N(CCO)Cc1ccccc1. The summed E-state index contributed by atoms with van der Waals surface area (Å²) in [4.78, 5) is 19.2. The molecule has 1 amide bonds. The third-order valence-electron chi connectivity index (χ3n) is 4.26. The van der Waals surface area contributed by atoms with Crippen LogP contribution in [0.2, 0.25) is 0 Å². The summed E-state index contributed by atoms with van der Waals surface area (Å²) in [5, 5.41) is 9.36. The Hall–Kier alpha value is -2.98. The minimum atomic E-state index is -0.118. The van der Waals surface area contributed by atoms with Gasteiger partial charge in [-0.25, -0.2) is 0 Å². The number of carbonyl (C=O) groups is 1. The third kappa shape index (κ3) is 4.16. The van der Waals surface area contributed by atoms with Crippen molar-refractivity contribution in [3.8, 4) is 11.3 Å². The summed E-state index contributed by atoms with van der Waals surface area (Å²) in [7, 11) is 0. The minimum Gasteiger partial charge on any atom is -0.395 e. The fourth-order valence-electron chi connectivity index (χ4n) is 2.90. The second-order valence-electron chi connectivity index (χ2n) is 6.13. The van der Waals surface area contributed by atoms with Gasteiger partial charge >= 0.3 is 0 Å². The monoisotopic (exact) mass is 346 g/mol. The van der Waals surface area contributed by atoms with E-state index < -0.39 is 0 Å². The van der Waals surface area contributed by atoms with Gasteiger partial charge in [-0.15, -0.1) is 0 Å². The fourth-order valence-corrected chi connectivity index (χ4v) is 2.90. The average Bonchev–Trinajstić information content (AvgIpc) is 2.68. The molecule has 26 heavy (non-hydrogen) atoms. The van der Waals surface area contributed by atoms with Crippen molar-refractivity contribution in [1.29, 1.82) is 0 Å². The maximum Gasteiger partial charge on any atom is 0.256 e. The zero-order valence-corrected chi connectivity index (χ0v) is 14.8. The van der Waals surface area contributed by atoms with Gasteiger partial charge in [-0.3, -0.25) is 9.78 Å². The Morgan fingerprint density at radius 2 is 1.62 bits per heavy atom. The van der Waals surface area contributed by atoms with Crippen LogP contribution in [0.3, 0.4) is 0 Å². The quantitative estimate of drug-likeness (QED) is 0.740. The topological polar surface area (TPSA) is 53.4 Å². The highest BCUT2D eigenvalue weighted by Gasteiger charge is 2.19. The van der Waals surface area contributed by atoms with Crippen molar-refractivity contribution >= 4 is 5.91 Å². The van der Waals surface area contributed by atoms with Gasteiger partial charge in [0.05, 0.1) is 23.6 Å². The van der Waals surface area contributed by atoms with Crippen LogP contribution in [0.25, 0.3) is 11.3 Å². The molecule has 0 unspecified atom stereocenters. The van der Waals surface area contributed by atoms with Gasteiger partial charge in [0.1, 0.15) is 0 Å². The number of carbonyl (C=O) groups excluding carboxylic acids is 1. The Labute approximate surface area is 153 Å². The molecule has 0 fully saturated rings. The summed E-state index contributed by atoms with van der Waals surface area (Å²) >= 11 is 0. The van der Waals surface area contributed by atoms with E-state index in [1.807, 2.05) is 79.7 Å². The Morgan fingerprint density at radius 3 is 2.23 bits per heavy atom. The molecule has 0 aliphatic rings. The van der Waals surface area contributed by atoms with Gasteiger partial charge in [0.25, 0.3) is 5.91 Å². The molecule has 0 aliphatic carbocycles. The van der Waals surface area contributed by atoms with Gasteiger partial charge in [-0.2, -0.15) is 0 Å². The number of hydrogen-bond acceptors (Lipinski definition) is 3. The number of rotatable bonds is 6. The van der Waals surface area contributed by atoms with E-state index in [-0.39, 0.29) is 19.1 Å². The van der Waals surface area contributed by atoms with Crippen molar-refractivity contribution in [1.82, 2.24) is 9.88 Å². The molecule has 2 aromatic carbocycles. The number of aliphatic hydroxyl groups is 1. The molecule has 3 aromatic rings. The summed E-state index contributed by atoms with van der Waals surface area (Å²) in [5.41, 5.74) is 4.14. The average molecular weight is 346 g/mol. The van der Waals surface area contributed by atoms with Crippen molar-refractivity contribution in [3.63, 3.8) is 0 Å². The van der Waals surface area contributed by atoms with Gasteiger partial charge in [0.2, 0.25) is 0 Å². The first-order valence-electron chi connectivity index (χ1n) is 8.66. The molecule has 0 atom stereocenters. The maximum absolute atomic E-state index is 13.0. The lowest BCUT2D eigenvalue weighted by atomic mass is 10.1. The molecule has 4 nitrogen and oxygen atoms in total. The fraction of sp³-hybridized carbons (Fsp3) is 0.182. The van der Waals surface area contributed by atoms with Crippen LogP contribution in [0, 0.1) is 6.92 Å². The smallest absolute Gasteiger partial charge is 0.256 e. The van der Waals surface area contributed by atoms with E-state index in [4.69, 9.17) is 0 Å². The second-order valence-corrected chi connectivity index (χ2v) is 6.13. The van der Waals surface area contributed by atoms with Gasteiger partial charge in [-0.05, 0) is 24.6 Å². The molecule has 0 spiro atoms. The molecular formula is C22H22N2O2. The zero-order valence-electron chi connectivity index (χ0n) is 14.8. The molecule has 132 valence electrons. The lowest BCUT2D eigenvalue weighted by Gasteiger charge is -2.23. The van der Waals surface area contributed by atoms with Crippen LogP contribution in [0.4, 0.5) is 0 Å². The van der Waals surface area contributed by atoms with Crippen molar-refractivity contribution in [2.45, 2.75) is 13.5 Å². The summed E-state index contributed by atoms with van der Waals surface area (Å²) < 4.78 is 0. The Kier molecular flexibility index (Phi) is 5.77. The number of aliphatic hydroxyl groups excluding tert-OH is 1. The molecule has 3 rings (SSSR count). The number of nitrogens with zero attached hydrogens (tertiary/aromatic N) is 2. The Balaban J connectivity index is 1.85. The molecule has 0 aliphatic heterocycles. The van der Waals surface area contributed by atoms with Crippen LogP contribution in [0.5, 0.6) is 0 Å². The van der Waals surface area contributed by atoms with Crippen LogP contribution in [-0.4, -0.2) is 34.0 Å². The highest BCUT2D eigenvalue weighted by molar-refractivity contribution is 5.95. The van der Waals surface area contributed by atoms with E-state index in [0.717, 1.165) is 16.8 Å². The van der Waals surface area contributed by atoms with Crippen LogP contribution in [-0.2, 0) is 6.54 Å². The van der Waals surface area contributed by atoms with Gasteiger partial charge < -0.3 is 10.0 Å². The summed E-state index contributed by atoms with van der Waals surface area (Å²) in [5.74, 6) is -0.118. The predicted octanol–water partition coefficient (Wildman–Crippen LogP) is 3.69. The van der Waals surface area contributed by atoms with Crippen molar-refractivity contribution in [2.75, 3.05) is 13.2 Å². The van der Waals surface area contributed by atoms with Crippen LogP contribution in [0.15, 0.2) is 72.8 Å². The molecule has 1 N–H and O–H groups in total. The first-order valence-corrected chi connectivity index (χ1v) is 8.66. The van der Waals surface area contributed by atoms with Gasteiger partial charge in [0, 0.05) is 18.7 Å². The highest BCUT2D eigenvalue weighted by Crippen LogP contribution is 2.20. The molecule has 0 bridgehead atoms. The number of aryl methyl sites for hydroxylation is 1. The molecule has 0 saturated heterocycles. The largest absolute Gasteiger partial charge is 0.395 e. The minimum absolute atomic E-state index is 0.0762. The zero-order chi connectivity index (χ0) is 18.4. The van der Waals surface area contributed by atoms with Crippen LogP contribution >= 0.6 is 0 Å². The van der Waals surface area contributed by atoms with Gasteiger partial charge in [0.15, 0.2) is 0 Å². The lowest BCUT2D eigenvalue weighted by Crippen LogP contribution is -2.33. The van der Waals surface area contributed by atoms with E-state index in [1.54, 1.807) is 4.90 Å². The standard InChI is InChI=1S/C22H22N2O2/c1-17-20(12-13-21(23-17)19-10-6-3-7-11-19)22(26)24(14-15-25)16-18-8-4-2-5-9-18/h2-13,25H,14-16H2,1H3. The Bertz CT molecular complexity index is 864. The maximum atomic E-state index is 13.0. The van der Waals surface area contributed by atoms with Crippen molar-refractivity contribution in [2.24, 2.45) is 0 Å². The lowest BCUT2D eigenvalue weighted by molar-refractivity contribution is 0.0706. The molecule has 1 aromatic heterocycles. The predicted molar refractivity (Wildman–Crippen MR) is 103 cm³/mol. The number of benzene rings is 2. The van der Waals surface area contributed by atoms with Crippen LogP contribution in [0.1, 0.15) is 21.6 Å². The van der Waals surface area contributed by atoms with Crippen molar-refractivity contribution in [3.05, 3.63) is 89.6 Å². The third-order valence-corrected chi connectivity index (χ3v) is 4.26. The first kappa shape index (κ1) is 17.8. The van der Waals surface area contributed by atoms with Gasteiger partial charge in [-0.1, -0.05) is 60.7 Å². The van der Waals surface area contributed by atoms with E-state index in [2.05, 4.69) is 4.98 Å². The number of pyridine rings is 1. The molecule has 4 heteroatoms. The number of amides is 1. The first-order chi connectivity index (χ1) is 12.7. The number of aromatic nitrogens is 1. The second kappa shape index (κ2) is 8.41. The van der Waals surface area contributed by atoms with Crippen LogP contribution < -0.4 is 0 Å². The summed E-state index contributed by atoms with van der Waals surface area (Å²) in [6.07, 6.45) is 0. The number of hydrogen-bond donors (Lipinski definition) is 1. The molecular weight excluding hydrogens is 324 g/mol. The summed E-state index contributed by atoms with van der Waals surface area (Å²) in [6.45, 7) is 2.51. The normalized spacial score (nSPS) is 10.5. The van der Waals surface area contributed by atoms with E-state index in [9.17, 15) is 9.90 Å². The summed E-state index contributed by atoms with van der Waals surface area (Å²) in [6, 6.07) is 23.4. The highest BCUT2D eigenvalue weighted by atomic mass is 16.3. The molecule has 0 radical (unpaired) electrons. The van der Waals surface area contributed by atoms with E-state index in [1.165, 1.54) is 0 Å². The molecule has 0 saturated carbocycles. The Morgan fingerprint density at radius 1 is 0.962 bits per heavy atom. The van der Waals surface area contributed by atoms with E-state index in [0.29, 0.717) is 17.8 Å². The molecule has 1 heterocycles. The van der Waals surface area contributed by atoms with Crippen molar-refractivity contribution < 1.29 is 9.90 Å².